The minimum absolute atomic E-state index is 0.123. The molecule has 0 unspecified atom stereocenters. The van der Waals surface area contributed by atoms with Crippen molar-refractivity contribution >= 4 is 0 Å². The number of rotatable bonds is 3. The van der Waals surface area contributed by atoms with Crippen LogP contribution in [0.25, 0.3) is 0 Å². The Bertz CT molecular complexity index is 386. The third-order valence-electron chi connectivity index (χ3n) is 3.44. The first-order valence-electron chi connectivity index (χ1n) is 5.37. The van der Waals surface area contributed by atoms with E-state index in [1.807, 2.05) is 6.07 Å². The maximum atomic E-state index is 9.51. The minimum atomic E-state index is -0.261. The van der Waals surface area contributed by atoms with Crippen LogP contribution in [0, 0.1) is 0 Å². The molecule has 0 bridgehead atoms. The van der Waals surface area contributed by atoms with Gasteiger partial charge in [-0.3, -0.25) is 0 Å². The lowest BCUT2D eigenvalue weighted by atomic mass is 9.63. The summed E-state index contributed by atoms with van der Waals surface area (Å²) in [6.07, 6.45) is 1.10. The van der Waals surface area contributed by atoms with E-state index in [0.29, 0.717) is 25.1 Å². The standard InChI is InChI=1S/C12H17NO3/c1-16-11-4-8(2-3-10(11)15)12(7-13)5-9(14)6-12/h2-4,9,14-15H,5-7,13H2,1H3. The molecular formula is C12H17NO3. The van der Waals surface area contributed by atoms with Crippen LogP contribution in [-0.4, -0.2) is 30.0 Å². The zero-order chi connectivity index (χ0) is 11.8. The molecule has 1 saturated carbocycles. The summed E-state index contributed by atoms with van der Waals surface area (Å²) in [5.74, 6) is 0.574. The number of ether oxygens (including phenoxy) is 1. The van der Waals surface area contributed by atoms with E-state index in [4.69, 9.17) is 10.5 Å². The van der Waals surface area contributed by atoms with Gasteiger partial charge >= 0.3 is 0 Å². The molecule has 1 fully saturated rings. The molecule has 1 aliphatic carbocycles. The third-order valence-corrected chi connectivity index (χ3v) is 3.44. The van der Waals surface area contributed by atoms with Crippen molar-refractivity contribution < 1.29 is 14.9 Å². The van der Waals surface area contributed by atoms with Crippen LogP contribution in [0.3, 0.4) is 0 Å². The smallest absolute Gasteiger partial charge is 0.160 e. The number of aliphatic hydroxyl groups is 1. The molecule has 88 valence electrons. The molecule has 0 aliphatic heterocycles. The molecule has 0 atom stereocenters. The largest absolute Gasteiger partial charge is 0.504 e. The Morgan fingerprint density at radius 1 is 1.50 bits per heavy atom. The maximum absolute atomic E-state index is 9.51. The van der Waals surface area contributed by atoms with Gasteiger partial charge in [-0.15, -0.1) is 0 Å². The van der Waals surface area contributed by atoms with Gasteiger partial charge in [0.1, 0.15) is 0 Å². The van der Waals surface area contributed by atoms with Crippen LogP contribution in [0.2, 0.25) is 0 Å². The fourth-order valence-corrected chi connectivity index (χ4v) is 2.37. The van der Waals surface area contributed by atoms with Crippen LogP contribution < -0.4 is 10.5 Å². The highest BCUT2D eigenvalue weighted by Gasteiger charge is 2.43. The van der Waals surface area contributed by atoms with Gasteiger partial charge in [-0.25, -0.2) is 0 Å². The molecule has 1 aliphatic rings. The Morgan fingerprint density at radius 2 is 2.19 bits per heavy atom. The molecule has 0 aromatic heterocycles. The van der Waals surface area contributed by atoms with Crippen molar-refractivity contribution in [2.75, 3.05) is 13.7 Å². The first kappa shape index (κ1) is 11.2. The summed E-state index contributed by atoms with van der Waals surface area (Å²) in [6, 6.07) is 5.25. The summed E-state index contributed by atoms with van der Waals surface area (Å²) in [5, 5.41) is 18.9. The van der Waals surface area contributed by atoms with Gasteiger partial charge in [0.2, 0.25) is 0 Å². The molecule has 0 spiro atoms. The Kier molecular flexibility index (Phi) is 2.78. The van der Waals surface area contributed by atoms with E-state index in [1.54, 1.807) is 12.1 Å². The van der Waals surface area contributed by atoms with E-state index in [2.05, 4.69) is 0 Å². The lowest BCUT2D eigenvalue weighted by Crippen LogP contribution is -2.49. The number of methoxy groups -OCH3 is 1. The van der Waals surface area contributed by atoms with Gasteiger partial charge in [-0.2, -0.15) is 0 Å². The van der Waals surface area contributed by atoms with E-state index >= 15 is 0 Å². The molecular weight excluding hydrogens is 206 g/mol. The highest BCUT2D eigenvalue weighted by molar-refractivity contribution is 5.45. The van der Waals surface area contributed by atoms with Gasteiger partial charge in [0.25, 0.3) is 0 Å². The van der Waals surface area contributed by atoms with Crippen LogP contribution in [0.1, 0.15) is 18.4 Å². The summed E-state index contributed by atoms with van der Waals surface area (Å²) in [6.45, 7) is 0.498. The van der Waals surface area contributed by atoms with Crippen molar-refractivity contribution in [1.82, 2.24) is 0 Å². The maximum Gasteiger partial charge on any atom is 0.160 e. The summed E-state index contributed by atoms with van der Waals surface area (Å²) >= 11 is 0. The second-order valence-corrected chi connectivity index (χ2v) is 4.43. The quantitative estimate of drug-likeness (QED) is 0.707. The molecule has 4 N–H and O–H groups in total. The second-order valence-electron chi connectivity index (χ2n) is 4.43. The molecule has 1 aromatic rings. The van der Waals surface area contributed by atoms with Gasteiger partial charge in [0, 0.05) is 12.0 Å². The average molecular weight is 223 g/mol. The molecule has 0 heterocycles. The number of aliphatic hydroxyl groups excluding tert-OH is 1. The number of aromatic hydroxyl groups is 1. The highest BCUT2D eigenvalue weighted by Crippen LogP contribution is 2.45. The van der Waals surface area contributed by atoms with Crippen molar-refractivity contribution in [3.63, 3.8) is 0 Å². The van der Waals surface area contributed by atoms with Crippen LogP contribution in [0.5, 0.6) is 11.5 Å². The van der Waals surface area contributed by atoms with Crippen LogP contribution in [0.4, 0.5) is 0 Å². The first-order valence-corrected chi connectivity index (χ1v) is 5.37. The van der Waals surface area contributed by atoms with E-state index in [-0.39, 0.29) is 17.3 Å². The van der Waals surface area contributed by atoms with E-state index in [1.165, 1.54) is 7.11 Å². The average Bonchev–Trinajstić information content (AvgIpc) is 2.25. The summed E-state index contributed by atoms with van der Waals surface area (Å²) < 4.78 is 5.07. The zero-order valence-corrected chi connectivity index (χ0v) is 9.31. The van der Waals surface area contributed by atoms with Crippen molar-refractivity contribution in [2.45, 2.75) is 24.4 Å². The van der Waals surface area contributed by atoms with Crippen molar-refractivity contribution in [2.24, 2.45) is 5.73 Å². The molecule has 4 heteroatoms. The Morgan fingerprint density at radius 3 is 2.69 bits per heavy atom. The molecule has 0 amide bonds. The van der Waals surface area contributed by atoms with Gasteiger partial charge in [0.15, 0.2) is 11.5 Å². The second kappa shape index (κ2) is 3.96. The summed E-state index contributed by atoms with van der Waals surface area (Å²) in [5.41, 5.74) is 6.65. The third kappa shape index (κ3) is 1.64. The fourth-order valence-electron chi connectivity index (χ4n) is 2.37. The van der Waals surface area contributed by atoms with Crippen molar-refractivity contribution in [3.05, 3.63) is 23.8 Å². The molecule has 4 nitrogen and oxygen atoms in total. The Balaban J connectivity index is 2.33. The van der Waals surface area contributed by atoms with Crippen molar-refractivity contribution in [3.8, 4) is 11.5 Å². The Labute approximate surface area is 94.7 Å². The molecule has 0 radical (unpaired) electrons. The lowest BCUT2D eigenvalue weighted by Gasteiger charge is -2.45. The topological polar surface area (TPSA) is 75.7 Å². The fraction of sp³-hybridized carbons (Fsp3) is 0.500. The predicted molar refractivity (Wildman–Crippen MR) is 60.6 cm³/mol. The predicted octanol–water partition coefficient (Wildman–Crippen LogP) is 0.752. The molecule has 1 aromatic carbocycles. The van der Waals surface area contributed by atoms with E-state index < -0.39 is 0 Å². The van der Waals surface area contributed by atoms with E-state index in [0.717, 1.165) is 5.56 Å². The molecule has 2 rings (SSSR count). The number of hydrogen-bond acceptors (Lipinski definition) is 4. The van der Waals surface area contributed by atoms with Crippen LogP contribution in [-0.2, 0) is 5.41 Å². The monoisotopic (exact) mass is 223 g/mol. The number of hydrogen-bond donors (Lipinski definition) is 3. The summed E-state index contributed by atoms with van der Waals surface area (Å²) in [4.78, 5) is 0. The number of benzene rings is 1. The minimum Gasteiger partial charge on any atom is -0.504 e. The Hall–Kier alpha value is -1.26. The van der Waals surface area contributed by atoms with Gasteiger partial charge in [-0.1, -0.05) is 6.07 Å². The van der Waals surface area contributed by atoms with Crippen LogP contribution in [0.15, 0.2) is 18.2 Å². The normalized spacial score (nSPS) is 28.6. The zero-order valence-electron chi connectivity index (χ0n) is 9.31. The number of phenolic OH excluding ortho intramolecular Hbond substituents is 1. The molecule has 16 heavy (non-hydrogen) atoms. The van der Waals surface area contributed by atoms with Gasteiger partial charge in [-0.05, 0) is 30.5 Å². The van der Waals surface area contributed by atoms with Gasteiger partial charge < -0.3 is 20.7 Å². The lowest BCUT2D eigenvalue weighted by molar-refractivity contribution is 0.0220. The number of phenols is 1. The van der Waals surface area contributed by atoms with E-state index in [9.17, 15) is 10.2 Å². The first-order chi connectivity index (χ1) is 7.61. The highest BCUT2D eigenvalue weighted by atomic mass is 16.5. The molecule has 0 saturated heterocycles. The van der Waals surface area contributed by atoms with Crippen LogP contribution >= 0.6 is 0 Å². The SMILES string of the molecule is COc1cc(C2(CN)CC(O)C2)ccc1O. The van der Waals surface area contributed by atoms with Crippen molar-refractivity contribution in [1.29, 1.82) is 0 Å². The summed E-state index contributed by atoms with van der Waals surface area (Å²) in [7, 11) is 1.52. The number of nitrogens with two attached hydrogens (primary N) is 1. The van der Waals surface area contributed by atoms with Gasteiger partial charge in [0.05, 0.1) is 13.2 Å².